The molecular formula is C27H42N4O5. The number of piperidine rings is 1. The fraction of sp³-hybridized carbons (Fsp3) is 0.815. The van der Waals surface area contributed by atoms with Crippen LogP contribution in [0.25, 0.3) is 0 Å². The number of hydrogen-bond acceptors (Lipinski definition) is 5. The van der Waals surface area contributed by atoms with Gasteiger partial charge in [0.15, 0.2) is 0 Å². The number of amides is 4. The third-order valence-corrected chi connectivity index (χ3v) is 8.53. The van der Waals surface area contributed by atoms with Gasteiger partial charge in [0.05, 0.1) is 6.04 Å². The fourth-order valence-corrected chi connectivity index (χ4v) is 5.67. The fourth-order valence-electron chi connectivity index (χ4n) is 5.67. The van der Waals surface area contributed by atoms with Crippen LogP contribution in [0.15, 0.2) is 0 Å². The molecule has 4 amide bonds. The van der Waals surface area contributed by atoms with Crippen LogP contribution in [-0.4, -0.2) is 77.0 Å². The molecule has 0 aromatic carbocycles. The van der Waals surface area contributed by atoms with E-state index in [-0.39, 0.29) is 40.9 Å². The SMILES string of the molecule is CC(C)C(=O)N[C@H](C(=O)N1C[C@H]2[C@@H]([C@H]1C(=O)NC(CC1CC1)C(=O)C(=O)N1CC1)C2(C)C)C(C)(C)C. The van der Waals surface area contributed by atoms with Gasteiger partial charge in [-0.05, 0) is 35.0 Å². The molecule has 4 rings (SSSR count). The summed E-state index contributed by atoms with van der Waals surface area (Å²) in [6.07, 6.45) is 2.44. The van der Waals surface area contributed by atoms with Gasteiger partial charge in [-0.25, -0.2) is 0 Å². The van der Waals surface area contributed by atoms with E-state index < -0.39 is 35.2 Å². The first-order chi connectivity index (χ1) is 16.6. The van der Waals surface area contributed by atoms with Crippen molar-refractivity contribution in [2.45, 2.75) is 85.9 Å². The Morgan fingerprint density at radius 1 is 1.00 bits per heavy atom. The van der Waals surface area contributed by atoms with Gasteiger partial charge in [0, 0.05) is 25.6 Å². The van der Waals surface area contributed by atoms with Gasteiger partial charge in [0.1, 0.15) is 12.1 Å². The van der Waals surface area contributed by atoms with Crippen LogP contribution in [0.2, 0.25) is 0 Å². The van der Waals surface area contributed by atoms with Gasteiger partial charge in [0.25, 0.3) is 5.91 Å². The number of nitrogens with one attached hydrogen (secondary N) is 2. The molecule has 9 nitrogen and oxygen atoms in total. The van der Waals surface area contributed by atoms with E-state index in [9.17, 15) is 24.0 Å². The highest BCUT2D eigenvalue weighted by Gasteiger charge is 2.70. The topological polar surface area (TPSA) is 116 Å². The zero-order valence-corrected chi connectivity index (χ0v) is 22.7. The van der Waals surface area contributed by atoms with Crippen LogP contribution in [0.3, 0.4) is 0 Å². The first kappa shape index (κ1) is 26.6. The predicted octanol–water partition coefficient (Wildman–Crippen LogP) is 1.35. The van der Waals surface area contributed by atoms with Crippen molar-refractivity contribution in [3.8, 4) is 0 Å². The number of Topliss-reactive ketones (excluding diaryl/α,β-unsaturated/α-hetero) is 1. The number of carbonyl (C=O) groups excluding carboxylic acids is 5. The molecule has 0 bridgehead atoms. The van der Waals surface area contributed by atoms with E-state index in [0.717, 1.165) is 12.8 Å². The summed E-state index contributed by atoms with van der Waals surface area (Å²) in [5.41, 5.74) is -0.650. The van der Waals surface area contributed by atoms with Gasteiger partial charge in [-0.15, -0.1) is 0 Å². The Morgan fingerprint density at radius 2 is 1.61 bits per heavy atom. The Balaban J connectivity index is 1.55. The summed E-state index contributed by atoms with van der Waals surface area (Å²) >= 11 is 0. The van der Waals surface area contributed by atoms with Gasteiger partial charge in [-0.1, -0.05) is 61.3 Å². The molecule has 0 radical (unpaired) electrons. The van der Waals surface area contributed by atoms with Crippen LogP contribution in [0, 0.1) is 34.5 Å². The summed E-state index contributed by atoms with van der Waals surface area (Å²) in [4.78, 5) is 68.7. The number of likely N-dealkylation sites (tertiary alicyclic amines) is 1. The van der Waals surface area contributed by atoms with E-state index in [0.29, 0.717) is 32.0 Å². The lowest BCUT2D eigenvalue weighted by Crippen LogP contribution is -2.60. The smallest absolute Gasteiger partial charge is 0.292 e. The van der Waals surface area contributed by atoms with Crippen molar-refractivity contribution in [1.82, 2.24) is 20.4 Å². The molecule has 1 unspecified atom stereocenters. The second-order valence-corrected chi connectivity index (χ2v) is 13.2. The van der Waals surface area contributed by atoms with E-state index in [1.54, 1.807) is 18.7 Å². The largest absolute Gasteiger partial charge is 0.344 e. The van der Waals surface area contributed by atoms with Crippen molar-refractivity contribution in [2.24, 2.45) is 34.5 Å². The van der Waals surface area contributed by atoms with E-state index in [2.05, 4.69) is 24.5 Å². The van der Waals surface area contributed by atoms with Crippen molar-refractivity contribution in [1.29, 1.82) is 0 Å². The second-order valence-electron chi connectivity index (χ2n) is 13.2. The summed E-state index contributed by atoms with van der Waals surface area (Å²) in [7, 11) is 0. The zero-order valence-electron chi connectivity index (χ0n) is 22.7. The van der Waals surface area contributed by atoms with Crippen molar-refractivity contribution >= 4 is 29.4 Å². The molecule has 0 aromatic rings. The van der Waals surface area contributed by atoms with Gasteiger partial charge < -0.3 is 20.4 Å². The zero-order chi connectivity index (χ0) is 26.7. The number of carbonyl (C=O) groups is 5. The highest BCUT2D eigenvalue weighted by Crippen LogP contribution is 2.65. The standard InChI is InChI=1S/C27H42N4O5/c1-14(2)22(33)29-21(26(3,4)5)25(36)31-13-16-18(27(16,6)7)19(31)23(34)28-17(12-15-8-9-15)20(32)24(35)30-10-11-30/h14-19,21H,8-13H2,1-7H3,(H,28,34)(H,29,33)/t16-,17?,18-,19-,21+/m0/s1. The number of hydrogen-bond donors (Lipinski definition) is 2. The Hall–Kier alpha value is -2.45. The number of fused-ring (bicyclic) bond motifs is 1. The number of ketones is 1. The number of rotatable bonds is 9. The van der Waals surface area contributed by atoms with Gasteiger partial charge in [-0.2, -0.15) is 0 Å². The summed E-state index contributed by atoms with van der Waals surface area (Å²) in [6.45, 7) is 15.0. The van der Waals surface area contributed by atoms with Gasteiger partial charge >= 0.3 is 0 Å². The lowest BCUT2D eigenvalue weighted by Gasteiger charge is -2.38. The Morgan fingerprint density at radius 3 is 2.11 bits per heavy atom. The molecular weight excluding hydrogens is 460 g/mol. The molecule has 4 aliphatic rings. The molecule has 200 valence electrons. The average molecular weight is 503 g/mol. The molecule has 0 spiro atoms. The first-order valence-corrected chi connectivity index (χ1v) is 13.4. The molecule has 2 saturated carbocycles. The summed E-state index contributed by atoms with van der Waals surface area (Å²) in [5, 5.41) is 5.80. The third kappa shape index (κ3) is 5.16. The molecule has 2 aliphatic carbocycles. The van der Waals surface area contributed by atoms with E-state index in [4.69, 9.17) is 0 Å². The minimum Gasteiger partial charge on any atom is -0.344 e. The van der Waals surface area contributed by atoms with Crippen molar-refractivity contribution in [3.63, 3.8) is 0 Å². The monoisotopic (exact) mass is 502 g/mol. The minimum absolute atomic E-state index is 0.0255. The van der Waals surface area contributed by atoms with Crippen molar-refractivity contribution < 1.29 is 24.0 Å². The molecule has 36 heavy (non-hydrogen) atoms. The molecule has 2 saturated heterocycles. The first-order valence-electron chi connectivity index (χ1n) is 13.4. The molecule has 4 fully saturated rings. The van der Waals surface area contributed by atoms with Crippen LogP contribution in [0.4, 0.5) is 0 Å². The Bertz CT molecular complexity index is 960. The lowest BCUT2D eigenvalue weighted by atomic mass is 9.84. The van der Waals surface area contributed by atoms with Crippen LogP contribution < -0.4 is 10.6 Å². The highest BCUT2D eigenvalue weighted by atomic mass is 16.2. The summed E-state index contributed by atoms with van der Waals surface area (Å²) < 4.78 is 0. The average Bonchev–Trinajstić information content (AvgIpc) is 3.72. The van der Waals surface area contributed by atoms with Gasteiger partial charge in [-0.3, -0.25) is 24.0 Å². The quantitative estimate of drug-likeness (QED) is 0.365. The van der Waals surface area contributed by atoms with E-state index in [1.807, 2.05) is 20.8 Å². The Kier molecular flexibility index (Phi) is 6.75. The molecule has 5 atom stereocenters. The summed E-state index contributed by atoms with van der Waals surface area (Å²) in [5.74, 6) is -1.74. The second kappa shape index (κ2) is 9.14. The molecule has 0 aromatic heterocycles. The normalized spacial score (nSPS) is 27.7. The Labute approximate surface area is 214 Å². The summed E-state index contributed by atoms with van der Waals surface area (Å²) in [6, 6.07) is -2.38. The van der Waals surface area contributed by atoms with Crippen LogP contribution in [0.5, 0.6) is 0 Å². The molecule has 2 N–H and O–H groups in total. The van der Waals surface area contributed by atoms with Crippen LogP contribution in [-0.2, 0) is 24.0 Å². The van der Waals surface area contributed by atoms with Gasteiger partial charge in [0.2, 0.25) is 23.5 Å². The third-order valence-electron chi connectivity index (χ3n) is 8.53. The maximum atomic E-state index is 13.9. The minimum atomic E-state index is -0.866. The molecule has 2 aliphatic heterocycles. The maximum absolute atomic E-state index is 13.9. The number of nitrogens with zero attached hydrogens (tertiary/aromatic N) is 2. The van der Waals surface area contributed by atoms with Crippen molar-refractivity contribution in [3.05, 3.63) is 0 Å². The molecule has 9 heteroatoms. The maximum Gasteiger partial charge on any atom is 0.292 e. The predicted molar refractivity (Wildman–Crippen MR) is 133 cm³/mol. The highest BCUT2D eigenvalue weighted by molar-refractivity contribution is 6.38. The van der Waals surface area contributed by atoms with E-state index >= 15 is 0 Å². The van der Waals surface area contributed by atoms with Crippen molar-refractivity contribution in [2.75, 3.05) is 19.6 Å². The van der Waals surface area contributed by atoms with Crippen LogP contribution in [0.1, 0.15) is 67.7 Å². The molecule has 2 heterocycles. The lowest BCUT2D eigenvalue weighted by molar-refractivity contribution is -0.147. The van der Waals surface area contributed by atoms with E-state index in [1.165, 1.54) is 4.90 Å². The van der Waals surface area contributed by atoms with Crippen LogP contribution >= 0.6 is 0 Å².